The van der Waals surface area contributed by atoms with E-state index in [1.807, 2.05) is 0 Å². The maximum absolute atomic E-state index is 14.5. The van der Waals surface area contributed by atoms with Crippen LogP contribution in [0.25, 0.3) is 0 Å². The van der Waals surface area contributed by atoms with Gasteiger partial charge in [0.15, 0.2) is 5.78 Å². The molecule has 44 heavy (non-hydrogen) atoms. The molecule has 0 heterocycles. The number of carbonyl (C=O) groups excluding carboxylic acids is 3. The highest BCUT2D eigenvalue weighted by atomic mass is 16.5. The summed E-state index contributed by atoms with van der Waals surface area (Å²) in [4.78, 5) is 39.4. The lowest BCUT2D eigenvalue weighted by molar-refractivity contribution is -0.202. The van der Waals surface area contributed by atoms with E-state index in [1.54, 1.807) is 5.48 Å². The summed E-state index contributed by atoms with van der Waals surface area (Å²) < 4.78 is 0. The van der Waals surface area contributed by atoms with Crippen LogP contribution in [0.1, 0.15) is 138 Å². The van der Waals surface area contributed by atoms with Gasteiger partial charge in [-0.2, -0.15) is 0 Å². The van der Waals surface area contributed by atoms with Crippen molar-refractivity contribution in [2.75, 3.05) is 6.54 Å². The van der Waals surface area contributed by atoms with Gasteiger partial charge in [-0.15, -0.1) is 0 Å². The zero-order chi connectivity index (χ0) is 32.3. The van der Waals surface area contributed by atoms with Crippen molar-refractivity contribution < 1.29 is 24.7 Å². The number of aliphatic hydroxyl groups excluding tert-OH is 1. The molecular weight excluding hydrogens is 552 g/mol. The van der Waals surface area contributed by atoms with Crippen LogP contribution in [0.4, 0.5) is 0 Å². The molecule has 7 nitrogen and oxygen atoms in total. The van der Waals surface area contributed by atoms with Gasteiger partial charge in [-0.3, -0.25) is 19.6 Å². The molecule has 2 amide bonds. The number of hydroxylamine groups is 1. The van der Waals surface area contributed by atoms with E-state index in [4.69, 9.17) is 5.21 Å². The van der Waals surface area contributed by atoms with E-state index in [2.05, 4.69) is 59.9 Å². The normalized spacial score (nSPS) is 44.3. The maximum atomic E-state index is 14.5. The highest BCUT2D eigenvalue weighted by Gasteiger charge is 2.70. The lowest BCUT2D eigenvalue weighted by Crippen LogP contribution is -2.66. The molecule has 4 fully saturated rings. The Balaban J connectivity index is 1.34. The van der Waals surface area contributed by atoms with Crippen molar-refractivity contribution in [3.8, 4) is 0 Å². The number of hydrogen-bond acceptors (Lipinski definition) is 5. The summed E-state index contributed by atoms with van der Waals surface area (Å²) in [5.74, 6) is 0.601. The first-order valence-electron chi connectivity index (χ1n) is 17.6. The molecule has 0 saturated heterocycles. The van der Waals surface area contributed by atoms with E-state index in [0.29, 0.717) is 24.7 Å². The summed E-state index contributed by atoms with van der Waals surface area (Å²) >= 11 is 0. The molecule has 5 aliphatic carbocycles. The summed E-state index contributed by atoms with van der Waals surface area (Å²) in [5, 5.41) is 22.9. The number of ketones is 1. The van der Waals surface area contributed by atoms with E-state index >= 15 is 0 Å². The fourth-order valence-electron chi connectivity index (χ4n) is 11.6. The second kappa shape index (κ2) is 11.5. The maximum Gasteiger partial charge on any atom is 0.243 e. The van der Waals surface area contributed by atoms with Gasteiger partial charge in [0, 0.05) is 24.3 Å². The standard InChI is InChI=1S/C37H60N2O5/c1-32(2)27-13-16-37(7)30(35(27,5)15-14-28(32)41)26(40)22-24-25-23-34(4,18-17-33(25,3)19-20-36(24,37)6)31(43)38-21-11-9-8-10-12-29(42)39-44/h22,25,27-28,30,41,44H,8-21,23H2,1-7H3,(H,38,43)(H,39,42)/t25-,27-,28-,30+,33+,34-,35-,36+,37+/m0/s1. The SMILES string of the molecule is CC1(C)[C@@H](O)CC[C@]2(C)[C@H]3C(=O)C=C4[C@@H]5C[C@@](C)(C(=O)NCCCCCCC(=O)NO)CC[C@]5(C)CC[C@@]4(C)[C@]3(C)CC[C@@H]12. The van der Waals surface area contributed by atoms with Crippen molar-refractivity contribution >= 4 is 17.6 Å². The number of amides is 2. The highest BCUT2D eigenvalue weighted by molar-refractivity contribution is 5.95. The first-order chi connectivity index (χ1) is 20.5. The lowest BCUT2D eigenvalue weighted by atomic mass is 9.33. The smallest absolute Gasteiger partial charge is 0.243 e. The van der Waals surface area contributed by atoms with Crippen molar-refractivity contribution in [1.82, 2.24) is 10.8 Å². The number of rotatable bonds is 8. The van der Waals surface area contributed by atoms with Gasteiger partial charge in [-0.05, 0) is 116 Å². The van der Waals surface area contributed by atoms with Crippen molar-refractivity contribution in [2.24, 2.45) is 50.2 Å². The number of hydrogen-bond donors (Lipinski definition) is 4. The summed E-state index contributed by atoms with van der Waals surface area (Å²) in [6.07, 6.45) is 14.1. The van der Waals surface area contributed by atoms with E-state index in [0.717, 1.165) is 83.5 Å². The number of nitrogens with one attached hydrogen (secondary N) is 2. The molecule has 7 heteroatoms. The minimum atomic E-state index is -0.462. The molecule has 4 N–H and O–H groups in total. The van der Waals surface area contributed by atoms with Crippen LogP contribution in [0.3, 0.4) is 0 Å². The van der Waals surface area contributed by atoms with E-state index in [9.17, 15) is 19.5 Å². The van der Waals surface area contributed by atoms with Gasteiger partial charge >= 0.3 is 0 Å². The molecule has 0 spiro atoms. The Morgan fingerprint density at radius 3 is 2.27 bits per heavy atom. The Morgan fingerprint density at radius 1 is 0.886 bits per heavy atom. The molecule has 0 aliphatic heterocycles. The van der Waals surface area contributed by atoms with Crippen LogP contribution in [-0.2, 0) is 14.4 Å². The van der Waals surface area contributed by atoms with E-state index in [-0.39, 0.29) is 56.8 Å². The first-order valence-corrected chi connectivity index (χ1v) is 17.6. The molecule has 9 atom stereocenters. The Labute approximate surface area is 265 Å². The quantitative estimate of drug-likeness (QED) is 0.135. The summed E-state index contributed by atoms with van der Waals surface area (Å²) in [6, 6.07) is 0. The molecule has 0 aromatic rings. The van der Waals surface area contributed by atoms with Crippen molar-refractivity contribution in [2.45, 2.75) is 144 Å². The average molecular weight is 613 g/mol. The number of unbranched alkanes of at least 4 members (excludes halogenated alkanes) is 3. The topological polar surface area (TPSA) is 116 Å². The zero-order valence-corrected chi connectivity index (χ0v) is 28.6. The minimum Gasteiger partial charge on any atom is -0.393 e. The Morgan fingerprint density at radius 2 is 1.57 bits per heavy atom. The van der Waals surface area contributed by atoms with Gasteiger partial charge < -0.3 is 10.4 Å². The summed E-state index contributed by atoms with van der Waals surface area (Å²) in [6.45, 7) is 16.9. The van der Waals surface area contributed by atoms with Crippen LogP contribution in [0.5, 0.6) is 0 Å². The zero-order valence-electron chi connectivity index (χ0n) is 28.6. The molecule has 248 valence electrons. The largest absolute Gasteiger partial charge is 0.393 e. The fraction of sp³-hybridized carbons (Fsp3) is 0.865. The third-order valence-electron chi connectivity index (χ3n) is 14.8. The van der Waals surface area contributed by atoms with Crippen molar-refractivity contribution in [3.05, 3.63) is 11.6 Å². The second-order valence-corrected chi connectivity index (χ2v) is 17.6. The van der Waals surface area contributed by atoms with Gasteiger partial charge in [-0.25, -0.2) is 5.48 Å². The molecule has 4 saturated carbocycles. The van der Waals surface area contributed by atoms with Gasteiger partial charge in [0.05, 0.1) is 6.10 Å². The summed E-state index contributed by atoms with van der Waals surface area (Å²) in [5.41, 5.74) is 2.12. The van der Waals surface area contributed by atoms with Gasteiger partial charge in [-0.1, -0.05) is 66.9 Å². The molecule has 0 radical (unpaired) electrons. The number of carbonyl (C=O) groups is 3. The average Bonchev–Trinajstić information content (AvgIpc) is 2.96. The van der Waals surface area contributed by atoms with Crippen LogP contribution < -0.4 is 10.8 Å². The molecule has 0 bridgehead atoms. The first kappa shape index (κ1) is 33.6. The van der Waals surface area contributed by atoms with E-state index < -0.39 is 5.41 Å². The molecule has 5 aliphatic rings. The van der Waals surface area contributed by atoms with E-state index in [1.165, 1.54) is 5.57 Å². The van der Waals surface area contributed by atoms with Crippen molar-refractivity contribution in [1.29, 1.82) is 0 Å². The minimum absolute atomic E-state index is 0.0325. The third kappa shape index (κ3) is 5.11. The molecule has 0 unspecified atom stereocenters. The molecule has 0 aromatic carbocycles. The predicted octanol–water partition coefficient (Wildman–Crippen LogP) is 6.90. The monoisotopic (exact) mass is 612 g/mol. The lowest BCUT2D eigenvalue weighted by Gasteiger charge is -2.70. The third-order valence-corrected chi connectivity index (χ3v) is 14.8. The Bertz CT molecular complexity index is 1200. The second-order valence-electron chi connectivity index (χ2n) is 17.6. The van der Waals surface area contributed by atoms with Gasteiger partial charge in [0.25, 0.3) is 0 Å². The summed E-state index contributed by atoms with van der Waals surface area (Å²) in [7, 11) is 0. The van der Waals surface area contributed by atoms with Crippen LogP contribution >= 0.6 is 0 Å². The Kier molecular flexibility index (Phi) is 8.79. The number of aliphatic hydroxyl groups is 1. The molecular formula is C37H60N2O5. The van der Waals surface area contributed by atoms with Crippen LogP contribution in [0, 0.1) is 50.2 Å². The molecule has 5 rings (SSSR count). The molecule has 0 aromatic heterocycles. The van der Waals surface area contributed by atoms with Gasteiger partial charge in [0.2, 0.25) is 11.8 Å². The van der Waals surface area contributed by atoms with Crippen LogP contribution in [0.15, 0.2) is 11.6 Å². The van der Waals surface area contributed by atoms with Crippen LogP contribution in [0.2, 0.25) is 0 Å². The fourth-order valence-corrected chi connectivity index (χ4v) is 11.6. The number of fused-ring (bicyclic) bond motifs is 7. The van der Waals surface area contributed by atoms with Crippen LogP contribution in [-0.4, -0.2) is 40.6 Å². The highest BCUT2D eigenvalue weighted by Crippen LogP contribution is 2.75. The van der Waals surface area contributed by atoms with Gasteiger partial charge in [0.1, 0.15) is 0 Å². The number of allylic oxidation sites excluding steroid dienone is 2. The predicted molar refractivity (Wildman–Crippen MR) is 171 cm³/mol. The Hall–Kier alpha value is -1.73. The van der Waals surface area contributed by atoms with Crippen molar-refractivity contribution in [3.63, 3.8) is 0 Å².